The normalized spacial score (nSPS) is 20.8. The number of ketones is 1. The van der Waals surface area contributed by atoms with Crippen molar-refractivity contribution in [3.63, 3.8) is 0 Å². The predicted octanol–water partition coefficient (Wildman–Crippen LogP) is 5.11. The van der Waals surface area contributed by atoms with Crippen LogP contribution in [0.2, 0.25) is 0 Å². The SMILES string of the molecule is CC(=O)C=C(C)NC(C(=O)N[C@@H]1C(=O)N2[C@@H]1SC(C)(C)[C@@H]2C(=O)[O-])c1ccccc1.CCCC[N+](CCCC)(CCCC)CCCC. The molecule has 2 aliphatic heterocycles. The third-order valence-electron chi connectivity index (χ3n) is 9.09. The van der Waals surface area contributed by atoms with Crippen LogP contribution in [0.4, 0.5) is 0 Å². The molecule has 0 bridgehead atoms. The van der Waals surface area contributed by atoms with Gasteiger partial charge in [-0.2, -0.15) is 0 Å². The number of carbonyl (C=O) groups excluding carboxylic acids is 4. The largest absolute Gasteiger partial charge is 0.548 e. The molecule has 0 aromatic heterocycles. The molecule has 1 unspecified atom stereocenters. The number of benzene rings is 1. The van der Waals surface area contributed by atoms with Crippen LogP contribution in [0.1, 0.15) is 118 Å². The number of carbonyl (C=O) groups is 4. The van der Waals surface area contributed by atoms with Crippen molar-refractivity contribution in [1.82, 2.24) is 15.5 Å². The Labute approximate surface area is 287 Å². The molecule has 2 amide bonds. The van der Waals surface area contributed by atoms with Crippen LogP contribution in [-0.4, -0.2) is 81.3 Å². The maximum Gasteiger partial charge on any atom is 0.249 e. The van der Waals surface area contributed by atoms with Gasteiger partial charge in [0.2, 0.25) is 11.8 Å². The lowest BCUT2D eigenvalue weighted by Crippen LogP contribution is -2.72. The molecule has 2 fully saturated rings. The minimum Gasteiger partial charge on any atom is -0.548 e. The van der Waals surface area contributed by atoms with Crippen LogP contribution < -0.4 is 15.7 Å². The Morgan fingerprint density at radius 3 is 1.83 bits per heavy atom. The summed E-state index contributed by atoms with van der Waals surface area (Å²) >= 11 is 1.33. The quantitative estimate of drug-likeness (QED) is 0.119. The molecule has 9 nitrogen and oxygen atoms in total. The van der Waals surface area contributed by atoms with Crippen molar-refractivity contribution >= 4 is 35.3 Å². The third-order valence-corrected chi connectivity index (χ3v) is 10.7. The highest BCUT2D eigenvalue weighted by Crippen LogP contribution is 2.50. The van der Waals surface area contributed by atoms with Crippen molar-refractivity contribution in [1.29, 1.82) is 0 Å². The number of β-lactam (4-membered cyclic amide) rings is 1. The zero-order valence-electron chi connectivity index (χ0n) is 30.1. The number of carboxylic acid groups (broad SMARTS) is 1. The van der Waals surface area contributed by atoms with Gasteiger partial charge in [0, 0.05) is 10.4 Å². The van der Waals surface area contributed by atoms with Gasteiger partial charge < -0.3 is 29.9 Å². The maximum absolute atomic E-state index is 13.1. The molecule has 0 spiro atoms. The number of nitrogens with one attached hydrogen (secondary N) is 2. The highest BCUT2D eigenvalue weighted by Gasteiger charge is 2.62. The second-order valence-corrected chi connectivity index (χ2v) is 15.4. The number of amides is 2. The molecule has 1 aromatic rings. The minimum atomic E-state index is -1.30. The molecule has 3 rings (SSSR count). The van der Waals surface area contributed by atoms with E-state index in [-0.39, 0.29) is 5.78 Å². The van der Waals surface area contributed by atoms with Crippen molar-refractivity contribution in [3.8, 4) is 0 Å². The van der Waals surface area contributed by atoms with Crippen molar-refractivity contribution in [2.45, 2.75) is 135 Å². The van der Waals surface area contributed by atoms with Gasteiger partial charge in [-0.05, 0) is 65.0 Å². The molecule has 2 N–H and O–H groups in total. The highest BCUT2D eigenvalue weighted by atomic mass is 32.2. The fraction of sp³-hybridized carbons (Fsp3) is 0.676. The van der Waals surface area contributed by atoms with Gasteiger partial charge in [-0.1, -0.05) is 83.7 Å². The Balaban J connectivity index is 0.000000387. The van der Waals surface area contributed by atoms with E-state index in [1.165, 1.54) is 112 Å². The number of quaternary nitrogens is 1. The number of hydrogen-bond acceptors (Lipinski definition) is 7. The Hall–Kier alpha value is -2.85. The van der Waals surface area contributed by atoms with Crippen LogP contribution in [0.25, 0.3) is 0 Å². The maximum atomic E-state index is 13.1. The van der Waals surface area contributed by atoms with Gasteiger partial charge in [0.1, 0.15) is 17.5 Å². The van der Waals surface area contributed by atoms with Crippen molar-refractivity contribution in [2.24, 2.45) is 0 Å². The van der Waals surface area contributed by atoms with Crippen molar-refractivity contribution in [2.75, 3.05) is 26.2 Å². The van der Waals surface area contributed by atoms with Gasteiger partial charge in [-0.15, -0.1) is 11.8 Å². The molecule has 2 heterocycles. The summed E-state index contributed by atoms with van der Waals surface area (Å²) in [5.74, 6) is -2.34. The lowest BCUT2D eigenvalue weighted by Gasteiger charge is -2.45. The average Bonchev–Trinajstić information content (AvgIpc) is 3.29. The molecule has 0 radical (unpaired) electrons. The Bertz CT molecular complexity index is 1170. The van der Waals surface area contributed by atoms with E-state index in [4.69, 9.17) is 0 Å². The Kier molecular flexibility index (Phi) is 16.5. The summed E-state index contributed by atoms with van der Waals surface area (Å²) in [5, 5.41) is 16.8. The van der Waals surface area contributed by atoms with Gasteiger partial charge in [0.25, 0.3) is 0 Å². The van der Waals surface area contributed by atoms with Gasteiger partial charge in [-0.3, -0.25) is 14.4 Å². The summed E-state index contributed by atoms with van der Waals surface area (Å²) in [7, 11) is 0. The number of unbranched alkanes of at least 4 members (excludes halogenated alkanes) is 4. The van der Waals surface area contributed by atoms with Crippen LogP contribution in [0.15, 0.2) is 42.1 Å². The monoisotopic (exact) mass is 672 g/mol. The number of rotatable bonds is 19. The lowest BCUT2D eigenvalue weighted by molar-refractivity contribution is -0.929. The third kappa shape index (κ3) is 11.4. The van der Waals surface area contributed by atoms with E-state index in [0.717, 1.165) is 0 Å². The van der Waals surface area contributed by atoms with Gasteiger partial charge in [0.15, 0.2) is 5.78 Å². The number of hydrogen-bond donors (Lipinski definition) is 2. The van der Waals surface area contributed by atoms with E-state index < -0.39 is 46.0 Å². The minimum absolute atomic E-state index is 0.157. The molecular formula is C37H60N4O5S. The lowest BCUT2D eigenvalue weighted by atomic mass is 9.95. The molecule has 2 aliphatic rings. The van der Waals surface area contributed by atoms with E-state index in [1.807, 2.05) is 6.07 Å². The van der Waals surface area contributed by atoms with Gasteiger partial charge in [-0.25, -0.2) is 0 Å². The molecule has 10 heteroatoms. The Morgan fingerprint density at radius 1 is 0.915 bits per heavy atom. The zero-order valence-corrected chi connectivity index (χ0v) is 30.9. The van der Waals surface area contributed by atoms with E-state index >= 15 is 0 Å². The number of nitrogens with zero attached hydrogens (tertiary/aromatic N) is 2. The number of thioether (sulfide) groups is 1. The zero-order chi connectivity index (χ0) is 35.2. The van der Waals surface area contributed by atoms with Crippen LogP contribution in [0, 0.1) is 0 Å². The molecule has 1 aromatic carbocycles. The molecule has 0 saturated carbocycles. The van der Waals surface area contributed by atoms with Crippen LogP contribution in [0.3, 0.4) is 0 Å². The summed E-state index contributed by atoms with van der Waals surface area (Å²) in [5.41, 5.74) is 1.18. The van der Waals surface area contributed by atoms with E-state index in [0.29, 0.717) is 11.3 Å². The average molecular weight is 673 g/mol. The fourth-order valence-corrected chi connectivity index (χ4v) is 8.15. The summed E-state index contributed by atoms with van der Waals surface area (Å²) in [6.45, 7) is 21.6. The molecule has 264 valence electrons. The first-order valence-corrected chi connectivity index (χ1v) is 18.5. The summed E-state index contributed by atoms with van der Waals surface area (Å²) in [6.07, 6.45) is 12.4. The smallest absolute Gasteiger partial charge is 0.249 e. The number of fused-ring (bicyclic) bond motifs is 1. The molecule has 4 atom stereocenters. The van der Waals surface area contributed by atoms with E-state index in [2.05, 4.69) is 38.3 Å². The first-order valence-electron chi connectivity index (χ1n) is 17.6. The second-order valence-electron chi connectivity index (χ2n) is 13.6. The van der Waals surface area contributed by atoms with E-state index in [1.54, 1.807) is 45.0 Å². The first kappa shape index (κ1) is 40.3. The number of allylic oxidation sites excluding steroid dienone is 2. The predicted molar refractivity (Wildman–Crippen MR) is 189 cm³/mol. The number of aliphatic carboxylic acids is 1. The summed E-state index contributed by atoms with van der Waals surface area (Å²) in [4.78, 5) is 49.9. The molecular weight excluding hydrogens is 612 g/mol. The standard InChI is InChI=1S/C21H25N3O5S.C16H36N/c1-11(10-12(2)25)22-14(13-8-6-5-7-9-13)17(26)23-15-18(27)24-16(20(28)29)21(3,4)30-19(15)24;1-5-9-13-17(14-10-6-2,15-11-7-3)16-12-8-4/h5-10,14-16,19,22H,1-4H3,(H,23,26)(H,28,29);5-16H2,1-4H3/q;+1/p-1/t14?,15-,16+,19-;/m1./s1. The fourth-order valence-electron chi connectivity index (χ4n) is 6.53. The van der Waals surface area contributed by atoms with Gasteiger partial charge in [0.05, 0.1) is 38.2 Å². The summed E-state index contributed by atoms with van der Waals surface area (Å²) in [6, 6.07) is 6.25. The second kappa shape index (κ2) is 19.2. The number of carboxylic acids is 1. The van der Waals surface area contributed by atoms with Gasteiger partial charge >= 0.3 is 0 Å². The first-order chi connectivity index (χ1) is 22.3. The van der Waals surface area contributed by atoms with Crippen LogP contribution >= 0.6 is 11.8 Å². The molecule has 2 saturated heterocycles. The Morgan fingerprint density at radius 2 is 1.40 bits per heavy atom. The van der Waals surface area contributed by atoms with Crippen molar-refractivity contribution in [3.05, 3.63) is 47.7 Å². The van der Waals surface area contributed by atoms with Crippen LogP contribution in [0.5, 0.6) is 0 Å². The van der Waals surface area contributed by atoms with Crippen LogP contribution in [-0.2, 0) is 19.2 Å². The van der Waals surface area contributed by atoms with Crippen molar-refractivity contribution < 1.29 is 28.8 Å². The molecule has 47 heavy (non-hydrogen) atoms. The molecule has 0 aliphatic carbocycles. The van der Waals surface area contributed by atoms with E-state index in [9.17, 15) is 24.3 Å². The topological polar surface area (TPSA) is 119 Å². The summed E-state index contributed by atoms with van der Waals surface area (Å²) < 4.78 is 0.694. The highest BCUT2D eigenvalue weighted by molar-refractivity contribution is 8.01.